The fourth-order valence-corrected chi connectivity index (χ4v) is 4.50. The number of hydrogen-bond donors (Lipinski definition) is 0. The van der Waals surface area contributed by atoms with Crippen LogP contribution in [0.25, 0.3) is 6.08 Å². The number of unbranched alkanes of at least 4 members (excludes halogenated alkanes) is 1. The summed E-state index contributed by atoms with van der Waals surface area (Å²) in [7, 11) is 0. The molecule has 0 saturated heterocycles. The van der Waals surface area contributed by atoms with Gasteiger partial charge in [-0.15, -0.1) is 0 Å². The van der Waals surface area contributed by atoms with Crippen molar-refractivity contribution in [2.24, 2.45) is 0 Å². The Bertz CT molecular complexity index is 293. The van der Waals surface area contributed by atoms with Crippen molar-refractivity contribution in [1.29, 1.82) is 0 Å². The van der Waals surface area contributed by atoms with Crippen LogP contribution < -0.4 is 0 Å². The molecule has 0 spiro atoms. The van der Waals surface area contributed by atoms with Gasteiger partial charge in [0.25, 0.3) is 0 Å². The summed E-state index contributed by atoms with van der Waals surface area (Å²) in [6.45, 7) is 2.26. The van der Waals surface area contributed by atoms with Gasteiger partial charge in [-0.05, 0) is 0 Å². The van der Waals surface area contributed by atoms with Crippen molar-refractivity contribution >= 4 is 32.8 Å². The zero-order chi connectivity index (χ0) is 10.9. The van der Waals surface area contributed by atoms with Crippen LogP contribution in [0.5, 0.6) is 0 Å². The second-order valence-corrected chi connectivity index (χ2v) is 7.10. The molecule has 0 aliphatic rings. The van der Waals surface area contributed by atoms with E-state index in [1.807, 2.05) is 11.8 Å². The third kappa shape index (κ3) is 5.46. The molecule has 0 aliphatic carbocycles. The van der Waals surface area contributed by atoms with E-state index in [1.54, 1.807) is 3.80 Å². The quantitative estimate of drug-likeness (QED) is 0.555. The molecular weight excluding hydrogens is 267 g/mol. The average molecular weight is 285 g/mol. The summed E-state index contributed by atoms with van der Waals surface area (Å²) in [5.74, 6) is 0. The first-order chi connectivity index (χ1) is 7.36. The zero-order valence-electron chi connectivity index (χ0n) is 9.40. The zero-order valence-corrected chi connectivity index (χ0v) is 11.9. The van der Waals surface area contributed by atoms with Gasteiger partial charge < -0.3 is 0 Å². The Balaban J connectivity index is 2.54. The predicted octanol–water partition coefficient (Wildman–Crippen LogP) is 4.27. The first-order valence-corrected chi connectivity index (χ1v) is 8.59. The first-order valence-electron chi connectivity index (χ1n) is 5.30. The molecule has 0 atom stereocenters. The molecule has 0 amide bonds. The number of hydrogen-bond acceptors (Lipinski definition) is 1. The minimum atomic E-state index is 0.672. The van der Waals surface area contributed by atoms with E-state index in [-0.39, 0.29) is 0 Å². The van der Waals surface area contributed by atoms with Crippen LogP contribution in [-0.2, 0) is 0 Å². The molecule has 82 valence electrons. The molecule has 0 saturated carbocycles. The molecule has 15 heavy (non-hydrogen) atoms. The Kier molecular flexibility index (Phi) is 6.91. The van der Waals surface area contributed by atoms with Gasteiger partial charge in [-0.3, -0.25) is 0 Å². The monoisotopic (exact) mass is 286 g/mol. The fourth-order valence-electron chi connectivity index (χ4n) is 1.16. The standard InChI is InChI=1S/C13H18SSe/c1-3-4-10-15-13(14-2)11-12-8-6-5-7-9-12/h5-9,11H,3-4,10H2,1-2H3/b13-11-. The third-order valence-corrected chi connectivity index (χ3v) is 6.09. The molecule has 1 aromatic rings. The van der Waals surface area contributed by atoms with Crippen LogP contribution in [0.2, 0.25) is 5.32 Å². The molecule has 0 N–H and O–H groups in total. The normalized spacial score (nSPS) is 11.7. The van der Waals surface area contributed by atoms with Crippen LogP contribution in [0.1, 0.15) is 25.3 Å². The summed E-state index contributed by atoms with van der Waals surface area (Å²) >= 11 is 2.58. The van der Waals surface area contributed by atoms with Gasteiger partial charge in [0.2, 0.25) is 0 Å². The van der Waals surface area contributed by atoms with Gasteiger partial charge in [0.1, 0.15) is 0 Å². The third-order valence-electron chi connectivity index (χ3n) is 2.03. The van der Waals surface area contributed by atoms with Crippen LogP contribution in [0.4, 0.5) is 0 Å². The van der Waals surface area contributed by atoms with Crippen molar-refractivity contribution in [3.8, 4) is 0 Å². The summed E-state index contributed by atoms with van der Waals surface area (Å²) in [6, 6.07) is 10.6. The Morgan fingerprint density at radius 3 is 2.67 bits per heavy atom. The summed E-state index contributed by atoms with van der Waals surface area (Å²) in [5, 5.41) is 1.38. The molecular formula is C13H18SSe. The van der Waals surface area contributed by atoms with E-state index < -0.39 is 0 Å². The van der Waals surface area contributed by atoms with E-state index in [4.69, 9.17) is 0 Å². The maximum atomic E-state index is 2.33. The molecule has 0 nitrogen and oxygen atoms in total. The Hall–Kier alpha value is -0.171. The van der Waals surface area contributed by atoms with E-state index in [1.165, 1.54) is 23.7 Å². The molecule has 0 aliphatic heterocycles. The van der Waals surface area contributed by atoms with Gasteiger partial charge in [0, 0.05) is 0 Å². The van der Waals surface area contributed by atoms with Crippen molar-refractivity contribution in [2.75, 3.05) is 6.26 Å². The van der Waals surface area contributed by atoms with Gasteiger partial charge in [0.05, 0.1) is 0 Å². The van der Waals surface area contributed by atoms with E-state index >= 15 is 0 Å². The van der Waals surface area contributed by atoms with Crippen molar-refractivity contribution in [1.82, 2.24) is 0 Å². The summed E-state index contributed by atoms with van der Waals surface area (Å²) < 4.78 is 1.56. The van der Waals surface area contributed by atoms with Gasteiger partial charge in [-0.1, -0.05) is 0 Å². The van der Waals surface area contributed by atoms with Crippen molar-refractivity contribution in [3.05, 3.63) is 39.7 Å². The summed E-state index contributed by atoms with van der Waals surface area (Å²) in [6.07, 6.45) is 7.20. The minimum absolute atomic E-state index is 0.672. The predicted molar refractivity (Wildman–Crippen MR) is 73.4 cm³/mol. The Morgan fingerprint density at radius 2 is 2.07 bits per heavy atom. The summed E-state index contributed by atoms with van der Waals surface area (Å²) in [4.78, 5) is 0. The molecule has 1 aromatic carbocycles. The average Bonchev–Trinajstić information content (AvgIpc) is 2.29. The fraction of sp³-hybridized carbons (Fsp3) is 0.385. The van der Waals surface area contributed by atoms with Gasteiger partial charge in [-0.25, -0.2) is 0 Å². The van der Waals surface area contributed by atoms with E-state index in [2.05, 4.69) is 49.6 Å². The molecule has 0 bridgehead atoms. The molecule has 0 radical (unpaired) electrons. The van der Waals surface area contributed by atoms with E-state index in [9.17, 15) is 0 Å². The van der Waals surface area contributed by atoms with Crippen LogP contribution >= 0.6 is 11.8 Å². The Labute approximate surface area is 104 Å². The second-order valence-electron chi connectivity index (χ2n) is 3.28. The van der Waals surface area contributed by atoms with Crippen molar-refractivity contribution in [3.63, 3.8) is 0 Å². The van der Waals surface area contributed by atoms with Crippen molar-refractivity contribution < 1.29 is 0 Å². The van der Waals surface area contributed by atoms with Crippen molar-refractivity contribution in [2.45, 2.75) is 25.1 Å². The van der Waals surface area contributed by atoms with Gasteiger partial charge >= 0.3 is 104 Å². The SMILES string of the molecule is CCCC[Se]/C(=C\c1ccccc1)SC. The first kappa shape index (κ1) is 12.9. The van der Waals surface area contributed by atoms with Crippen LogP contribution in [0, 0.1) is 0 Å². The van der Waals surface area contributed by atoms with E-state index in [0.717, 1.165) is 0 Å². The number of rotatable bonds is 6. The maximum absolute atomic E-state index is 2.33. The molecule has 0 aromatic heterocycles. The molecule has 2 heteroatoms. The molecule has 0 heterocycles. The van der Waals surface area contributed by atoms with Crippen LogP contribution in [0.15, 0.2) is 34.1 Å². The van der Waals surface area contributed by atoms with E-state index in [0.29, 0.717) is 15.0 Å². The molecule has 0 fully saturated rings. The summed E-state index contributed by atoms with van der Waals surface area (Å²) in [5.41, 5.74) is 1.33. The van der Waals surface area contributed by atoms with Gasteiger partial charge in [0.15, 0.2) is 0 Å². The second kappa shape index (κ2) is 8.04. The number of benzene rings is 1. The molecule has 0 unspecified atom stereocenters. The Morgan fingerprint density at radius 1 is 1.33 bits per heavy atom. The topological polar surface area (TPSA) is 0 Å². The van der Waals surface area contributed by atoms with Crippen LogP contribution in [0.3, 0.4) is 0 Å². The molecule has 1 rings (SSSR count). The van der Waals surface area contributed by atoms with Crippen LogP contribution in [-0.4, -0.2) is 21.2 Å². The van der Waals surface area contributed by atoms with Gasteiger partial charge in [-0.2, -0.15) is 0 Å². The number of thioether (sulfide) groups is 1.